The first-order chi connectivity index (χ1) is 10.6. The summed E-state index contributed by atoms with van der Waals surface area (Å²) in [5, 5.41) is 11.6. The Kier molecular flexibility index (Phi) is 5.77. The van der Waals surface area contributed by atoms with Gasteiger partial charge >= 0.3 is 12.0 Å². The first-order valence-electron chi connectivity index (χ1n) is 7.45. The van der Waals surface area contributed by atoms with Crippen molar-refractivity contribution in [3.05, 3.63) is 35.4 Å². The van der Waals surface area contributed by atoms with Gasteiger partial charge in [-0.25, -0.2) is 9.59 Å². The number of likely N-dealkylation sites (N-methyl/N-ethyl adjacent to an activating group) is 1. The quantitative estimate of drug-likeness (QED) is 0.720. The van der Waals surface area contributed by atoms with Gasteiger partial charge in [-0.2, -0.15) is 0 Å². The molecule has 0 aromatic heterocycles. The number of carbonyl (C=O) groups is 2. The summed E-state index contributed by atoms with van der Waals surface area (Å²) in [6.45, 7) is 2.27. The predicted octanol–water partition coefficient (Wildman–Crippen LogP) is 1.95. The van der Waals surface area contributed by atoms with Crippen LogP contribution in [0.2, 0.25) is 0 Å². The number of carboxylic acid groups (broad SMARTS) is 1. The maximum Gasteiger partial charge on any atom is 0.335 e. The standard InChI is InChI=1S/C16H22N2O4/c1-18(8-9-22-11-13-2-3-13)16(21)17-10-12-4-6-14(7-5-12)15(19)20/h4-7,13H,2-3,8-11H2,1H3,(H,17,21)(H,19,20). The Bertz CT molecular complexity index is 511. The number of carboxylic acids is 1. The van der Waals surface area contributed by atoms with Gasteiger partial charge < -0.3 is 20.1 Å². The van der Waals surface area contributed by atoms with E-state index in [0.717, 1.165) is 18.1 Å². The molecule has 0 unspecified atom stereocenters. The third kappa shape index (κ3) is 5.37. The molecule has 2 amide bonds. The second-order valence-corrected chi connectivity index (χ2v) is 5.60. The molecule has 1 aromatic rings. The average Bonchev–Trinajstić information content (AvgIpc) is 3.33. The van der Waals surface area contributed by atoms with E-state index in [2.05, 4.69) is 5.32 Å². The smallest absolute Gasteiger partial charge is 0.335 e. The van der Waals surface area contributed by atoms with Crippen LogP contribution in [0.1, 0.15) is 28.8 Å². The molecule has 1 aliphatic rings. The lowest BCUT2D eigenvalue weighted by Crippen LogP contribution is -2.38. The minimum Gasteiger partial charge on any atom is -0.478 e. The molecule has 0 radical (unpaired) electrons. The zero-order valence-corrected chi connectivity index (χ0v) is 12.7. The number of carbonyl (C=O) groups excluding carboxylic acids is 1. The SMILES string of the molecule is CN(CCOCC1CC1)C(=O)NCc1ccc(C(=O)O)cc1. The number of urea groups is 1. The second kappa shape index (κ2) is 7.79. The minimum absolute atomic E-state index is 0.169. The number of benzene rings is 1. The van der Waals surface area contributed by atoms with Crippen LogP contribution >= 0.6 is 0 Å². The fourth-order valence-corrected chi connectivity index (χ4v) is 1.92. The lowest BCUT2D eigenvalue weighted by atomic mass is 10.1. The molecule has 1 aliphatic carbocycles. The van der Waals surface area contributed by atoms with E-state index in [-0.39, 0.29) is 11.6 Å². The van der Waals surface area contributed by atoms with Crippen molar-refractivity contribution in [3.8, 4) is 0 Å². The maximum atomic E-state index is 11.9. The molecule has 6 heteroatoms. The van der Waals surface area contributed by atoms with Crippen molar-refractivity contribution in [1.29, 1.82) is 0 Å². The third-order valence-corrected chi connectivity index (χ3v) is 3.61. The van der Waals surface area contributed by atoms with E-state index in [1.807, 2.05) is 0 Å². The predicted molar refractivity (Wildman–Crippen MR) is 81.8 cm³/mol. The lowest BCUT2D eigenvalue weighted by Gasteiger charge is -2.18. The fourth-order valence-electron chi connectivity index (χ4n) is 1.92. The third-order valence-electron chi connectivity index (χ3n) is 3.61. The van der Waals surface area contributed by atoms with E-state index in [4.69, 9.17) is 9.84 Å². The summed E-state index contributed by atoms with van der Waals surface area (Å²) in [7, 11) is 1.73. The Labute approximate surface area is 130 Å². The normalized spacial score (nSPS) is 13.7. The van der Waals surface area contributed by atoms with Gasteiger partial charge in [0.2, 0.25) is 0 Å². The van der Waals surface area contributed by atoms with Crippen LogP contribution in [-0.2, 0) is 11.3 Å². The molecule has 0 aliphatic heterocycles. The molecule has 2 rings (SSSR count). The molecular weight excluding hydrogens is 284 g/mol. The van der Waals surface area contributed by atoms with Crippen LogP contribution in [0.3, 0.4) is 0 Å². The van der Waals surface area contributed by atoms with Crippen LogP contribution in [0, 0.1) is 5.92 Å². The summed E-state index contributed by atoms with van der Waals surface area (Å²) in [6.07, 6.45) is 2.52. The van der Waals surface area contributed by atoms with Gasteiger partial charge in [0.25, 0.3) is 0 Å². The monoisotopic (exact) mass is 306 g/mol. The highest BCUT2D eigenvalue weighted by Gasteiger charge is 2.21. The number of nitrogens with zero attached hydrogens (tertiary/aromatic N) is 1. The van der Waals surface area contributed by atoms with E-state index < -0.39 is 5.97 Å². The van der Waals surface area contributed by atoms with Crippen LogP contribution in [0.4, 0.5) is 4.79 Å². The van der Waals surface area contributed by atoms with Crippen molar-refractivity contribution >= 4 is 12.0 Å². The summed E-state index contributed by atoms with van der Waals surface area (Å²) < 4.78 is 5.50. The largest absolute Gasteiger partial charge is 0.478 e. The molecule has 0 heterocycles. The number of aromatic carboxylic acids is 1. The molecule has 0 atom stereocenters. The number of amides is 2. The summed E-state index contributed by atoms with van der Waals surface area (Å²) >= 11 is 0. The van der Waals surface area contributed by atoms with Crippen LogP contribution in [0.5, 0.6) is 0 Å². The highest BCUT2D eigenvalue weighted by Crippen LogP contribution is 2.28. The van der Waals surface area contributed by atoms with Crippen molar-refractivity contribution in [1.82, 2.24) is 10.2 Å². The first-order valence-corrected chi connectivity index (χ1v) is 7.45. The summed E-state index contributed by atoms with van der Waals surface area (Å²) in [4.78, 5) is 24.2. The van der Waals surface area contributed by atoms with E-state index in [0.29, 0.717) is 19.7 Å². The highest BCUT2D eigenvalue weighted by atomic mass is 16.5. The minimum atomic E-state index is -0.957. The number of hydrogen-bond donors (Lipinski definition) is 2. The maximum absolute atomic E-state index is 11.9. The number of rotatable bonds is 8. The Morgan fingerprint density at radius 1 is 1.32 bits per heavy atom. The molecule has 1 aromatic carbocycles. The van der Waals surface area contributed by atoms with E-state index in [9.17, 15) is 9.59 Å². The van der Waals surface area contributed by atoms with E-state index >= 15 is 0 Å². The summed E-state index contributed by atoms with van der Waals surface area (Å²) in [5.41, 5.74) is 1.09. The van der Waals surface area contributed by atoms with Gasteiger partial charge in [-0.15, -0.1) is 0 Å². The molecule has 1 saturated carbocycles. The van der Waals surface area contributed by atoms with Crippen LogP contribution < -0.4 is 5.32 Å². The molecule has 6 nitrogen and oxygen atoms in total. The molecule has 0 spiro atoms. The zero-order chi connectivity index (χ0) is 15.9. The van der Waals surface area contributed by atoms with Crippen molar-refractivity contribution < 1.29 is 19.4 Å². The number of nitrogens with one attached hydrogen (secondary N) is 1. The first kappa shape index (κ1) is 16.3. The van der Waals surface area contributed by atoms with Crippen molar-refractivity contribution in [2.24, 2.45) is 5.92 Å². The van der Waals surface area contributed by atoms with Gasteiger partial charge in [-0.1, -0.05) is 12.1 Å². The van der Waals surface area contributed by atoms with Crippen LogP contribution in [0.25, 0.3) is 0 Å². The van der Waals surface area contributed by atoms with Gasteiger partial charge in [0, 0.05) is 26.7 Å². The van der Waals surface area contributed by atoms with E-state index in [1.165, 1.54) is 25.0 Å². The number of hydrogen-bond acceptors (Lipinski definition) is 3. The van der Waals surface area contributed by atoms with Crippen molar-refractivity contribution in [2.45, 2.75) is 19.4 Å². The molecular formula is C16H22N2O4. The zero-order valence-electron chi connectivity index (χ0n) is 12.7. The van der Waals surface area contributed by atoms with Crippen molar-refractivity contribution in [3.63, 3.8) is 0 Å². The fraction of sp³-hybridized carbons (Fsp3) is 0.500. The Morgan fingerprint density at radius 3 is 2.59 bits per heavy atom. The number of ether oxygens (including phenoxy) is 1. The van der Waals surface area contributed by atoms with Crippen LogP contribution in [-0.4, -0.2) is 48.8 Å². The van der Waals surface area contributed by atoms with Crippen LogP contribution in [0.15, 0.2) is 24.3 Å². The highest BCUT2D eigenvalue weighted by molar-refractivity contribution is 5.87. The topological polar surface area (TPSA) is 78.9 Å². The van der Waals surface area contributed by atoms with Gasteiger partial charge in [0.1, 0.15) is 0 Å². The molecule has 0 saturated heterocycles. The summed E-state index contributed by atoms with van der Waals surface area (Å²) in [6, 6.07) is 6.28. The lowest BCUT2D eigenvalue weighted by molar-refractivity contribution is 0.0697. The molecule has 2 N–H and O–H groups in total. The molecule has 120 valence electrons. The van der Waals surface area contributed by atoms with Gasteiger partial charge in [-0.05, 0) is 36.5 Å². The molecule has 0 bridgehead atoms. The Hall–Kier alpha value is -2.08. The van der Waals surface area contributed by atoms with E-state index in [1.54, 1.807) is 24.1 Å². The Morgan fingerprint density at radius 2 is 2.00 bits per heavy atom. The average molecular weight is 306 g/mol. The molecule has 1 fully saturated rings. The van der Waals surface area contributed by atoms with Crippen molar-refractivity contribution in [2.75, 3.05) is 26.8 Å². The Balaban J connectivity index is 1.65. The summed E-state index contributed by atoms with van der Waals surface area (Å²) in [5.74, 6) is -0.227. The second-order valence-electron chi connectivity index (χ2n) is 5.60. The van der Waals surface area contributed by atoms with Gasteiger partial charge in [0.05, 0.1) is 12.2 Å². The molecule has 22 heavy (non-hydrogen) atoms. The van der Waals surface area contributed by atoms with Gasteiger partial charge in [-0.3, -0.25) is 0 Å². The van der Waals surface area contributed by atoms with Gasteiger partial charge in [0.15, 0.2) is 0 Å².